The third-order valence-corrected chi connectivity index (χ3v) is 3.05. The first-order chi connectivity index (χ1) is 8.32. The maximum absolute atomic E-state index is 11.8. The molecule has 0 aliphatic rings. The first-order valence-electron chi connectivity index (χ1n) is 5.76. The number of rotatable bonds is 5. The van der Waals surface area contributed by atoms with Crippen molar-refractivity contribution >= 4 is 11.9 Å². The van der Waals surface area contributed by atoms with E-state index >= 15 is 0 Å². The molecule has 2 N–H and O–H groups in total. The van der Waals surface area contributed by atoms with Gasteiger partial charge in [-0.25, -0.2) is 0 Å². The largest absolute Gasteiger partial charge is 0.481 e. The fraction of sp³-hybridized carbons (Fsp3) is 0.583. The van der Waals surface area contributed by atoms with Crippen molar-refractivity contribution in [2.24, 2.45) is 5.92 Å². The standard InChI is InChI=1S/C12H18N2O4/c1-6(12(16)17)7(2)13-11(15)5-10-8(3)14-18-9(10)4/h6-7H,5H2,1-4H3,(H,13,15)(H,16,17). The van der Waals surface area contributed by atoms with E-state index in [1.807, 2.05) is 0 Å². The maximum Gasteiger partial charge on any atom is 0.308 e. The number of aliphatic carboxylic acids is 1. The number of aryl methyl sites for hydroxylation is 2. The molecular weight excluding hydrogens is 236 g/mol. The van der Waals surface area contributed by atoms with Gasteiger partial charge in [-0.1, -0.05) is 5.16 Å². The SMILES string of the molecule is Cc1noc(C)c1CC(=O)NC(C)C(C)C(=O)O. The smallest absolute Gasteiger partial charge is 0.308 e. The molecule has 0 aliphatic carbocycles. The van der Waals surface area contributed by atoms with Gasteiger partial charge in [0.1, 0.15) is 5.76 Å². The van der Waals surface area contributed by atoms with E-state index in [0.717, 1.165) is 5.56 Å². The number of hydrogen-bond acceptors (Lipinski definition) is 4. The quantitative estimate of drug-likeness (QED) is 0.819. The van der Waals surface area contributed by atoms with Crippen molar-refractivity contribution in [1.82, 2.24) is 10.5 Å². The molecule has 18 heavy (non-hydrogen) atoms. The normalized spacial score (nSPS) is 14.0. The van der Waals surface area contributed by atoms with Gasteiger partial charge in [0.25, 0.3) is 0 Å². The Hall–Kier alpha value is -1.85. The summed E-state index contributed by atoms with van der Waals surface area (Å²) < 4.78 is 4.96. The topological polar surface area (TPSA) is 92.4 Å². The van der Waals surface area contributed by atoms with E-state index in [1.54, 1.807) is 27.7 Å². The summed E-state index contributed by atoms with van der Waals surface area (Å²) in [5, 5.41) is 15.3. The summed E-state index contributed by atoms with van der Waals surface area (Å²) in [7, 11) is 0. The second kappa shape index (κ2) is 5.66. The highest BCUT2D eigenvalue weighted by atomic mass is 16.5. The third kappa shape index (κ3) is 3.32. The van der Waals surface area contributed by atoms with Crippen LogP contribution in [-0.2, 0) is 16.0 Å². The van der Waals surface area contributed by atoms with E-state index in [4.69, 9.17) is 9.63 Å². The van der Waals surface area contributed by atoms with Gasteiger partial charge < -0.3 is 14.9 Å². The molecule has 100 valence electrons. The second-order valence-electron chi connectivity index (χ2n) is 4.46. The number of aromatic nitrogens is 1. The molecule has 0 saturated heterocycles. The van der Waals surface area contributed by atoms with Gasteiger partial charge in [0, 0.05) is 11.6 Å². The Morgan fingerprint density at radius 1 is 1.39 bits per heavy atom. The number of carbonyl (C=O) groups is 2. The van der Waals surface area contributed by atoms with E-state index in [-0.39, 0.29) is 12.3 Å². The van der Waals surface area contributed by atoms with Crippen LogP contribution in [0.5, 0.6) is 0 Å². The van der Waals surface area contributed by atoms with Gasteiger partial charge in [-0.3, -0.25) is 9.59 Å². The summed E-state index contributed by atoms with van der Waals surface area (Å²) in [5.74, 6) is -1.18. The molecule has 6 heteroatoms. The molecule has 1 aromatic rings. The van der Waals surface area contributed by atoms with Crippen LogP contribution in [0, 0.1) is 19.8 Å². The molecule has 0 aliphatic heterocycles. The van der Waals surface area contributed by atoms with Gasteiger partial charge in [0.05, 0.1) is 18.0 Å². The summed E-state index contributed by atoms with van der Waals surface area (Å²) in [6.07, 6.45) is 0.151. The molecule has 0 spiro atoms. The Kier molecular flexibility index (Phi) is 4.47. The van der Waals surface area contributed by atoms with Crippen molar-refractivity contribution in [3.05, 3.63) is 17.0 Å². The summed E-state index contributed by atoms with van der Waals surface area (Å²) in [6.45, 7) is 6.74. The van der Waals surface area contributed by atoms with Crippen LogP contribution in [0.1, 0.15) is 30.9 Å². The lowest BCUT2D eigenvalue weighted by atomic mass is 10.0. The van der Waals surface area contributed by atoms with Crippen LogP contribution < -0.4 is 5.32 Å². The minimum Gasteiger partial charge on any atom is -0.481 e. The molecule has 0 fully saturated rings. The molecule has 6 nitrogen and oxygen atoms in total. The van der Waals surface area contributed by atoms with Crippen LogP contribution in [0.4, 0.5) is 0 Å². The fourth-order valence-corrected chi connectivity index (χ4v) is 1.56. The monoisotopic (exact) mass is 254 g/mol. The summed E-state index contributed by atoms with van der Waals surface area (Å²) in [4.78, 5) is 22.5. The lowest BCUT2D eigenvalue weighted by Crippen LogP contribution is -2.40. The number of carboxylic acids is 1. The van der Waals surface area contributed by atoms with Gasteiger partial charge in [0.15, 0.2) is 0 Å². The Labute approximate surface area is 105 Å². The molecule has 0 aromatic carbocycles. The molecule has 0 bridgehead atoms. The third-order valence-electron chi connectivity index (χ3n) is 3.05. The van der Waals surface area contributed by atoms with Crippen LogP contribution >= 0.6 is 0 Å². The fourth-order valence-electron chi connectivity index (χ4n) is 1.56. The Morgan fingerprint density at radius 3 is 2.44 bits per heavy atom. The molecule has 1 aromatic heterocycles. The minimum absolute atomic E-state index is 0.151. The molecule has 0 saturated carbocycles. The predicted molar refractivity (Wildman–Crippen MR) is 64.1 cm³/mol. The number of amides is 1. The molecule has 2 unspecified atom stereocenters. The van der Waals surface area contributed by atoms with Crippen molar-refractivity contribution in [2.75, 3.05) is 0 Å². The Morgan fingerprint density at radius 2 is 2.00 bits per heavy atom. The minimum atomic E-state index is -0.930. The van der Waals surface area contributed by atoms with Crippen molar-refractivity contribution in [2.45, 2.75) is 40.2 Å². The molecule has 2 atom stereocenters. The van der Waals surface area contributed by atoms with Crippen LogP contribution in [-0.4, -0.2) is 28.2 Å². The van der Waals surface area contributed by atoms with Crippen LogP contribution in [0.3, 0.4) is 0 Å². The highest BCUT2D eigenvalue weighted by Crippen LogP contribution is 2.13. The van der Waals surface area contributed by atoms with Gasteiger partial charge in [0.2, 0.25) is 5.91 Å². The zero-order chi connectivity index (χ0) is 13.9. The summed E-state index contributed by atoms with van der Waals surface area (Å²) in [6, 6.07) is -0.421. The van der Waals surface area contributed by atoms with Crippen molar-refractivity contribution < 1.29 is 19.2 Å². The molecule has 0 radical (unpaired) electrons. The van der Waals surface area contributed by atoms with Crippen molar-refractivity contribution in [3.8, 4) is 0 Å². The van der Waals surface area contributed by atoms with Crippen LogP contribution in [0.15, 0.2) is 4.52 Å². The number of nitrogens with zero attached hydrogens (tertiary/aromatic N) is 1. The van der Waals surface area contributed by atoms with Gasteiger partial charge in [-0.15, -0.1) is 0 Å². The van der Waals surface area contributed by atoms with Crippen LogP contribution in [0.25, 0.3) is 0 Å². The van der Waals surface area contributed by atoms with Crippen LogP contribution in [0.2, 0.25) is 0 Å². The number of hydrogen-bond donors (Lipinski definition) is 2. The summed E-state index contributed by atoms with van der Waals surface area (Å²) >= 11 is 0. The van der Waals surface area contributed by atoms with Gasteiger partial charge in [-0.2, -0.15) is 0 Å². The summed E-state index contributed by atoms with van der Waals surface area (Å²) in [5.41, 5.74) is 1.43. The molecule has 1 amide bonds. The lowest BCUT2D eigenvalue weighted by Gasteiger charge is -2.17. The molecule has 1 heterocycles. The predicted octanol–water partition coefficient (Wildman–Crippen LogP) is 1.06. The van der Waals surface area contributed by atoms with E-state index in [9.17, 15) is 9.59 Å². The maximum atomic E-state index is 11.8. The van der Waals surface area contributed by atoms with Gasteiger partial charge >= 0.3 is 5.97 Å². The highest BCUT2D eigenvalue weighted by Gasteiger charge is 2.22. The van der Waals surface area contributed by atoms with Crippen molar-refractivity contribution in [1.29, 1.82) is 0 Å². The van der Waals surface area contributed by atoms with E-state index in [1.165, 1.54) is 0 Å². The number of carbonyl (C=O) groups excluding carboxylic acids is 1. The van der Waals surface area contributed by atoms with E-state index in [0.29, 0.717) is 11.5 Å². The number of nitrogens with one attached hydrogen (secondary N) is 1. The van der Waals surface area contributed by atoms with E-state index in [2.05, 4.69) is 10.5 Å². The Bertz CT molecular complexity index is 433. The number of carboxylic acid groups (broad SMARTS) is 1. The van der Waals surface area contributed by atoms with Crippen molar-refractivity contribution in [3.63, 3.8) is 0 Å². The Balaban J connectivity index is 2.60. The first-order valence-corrected chi connectivity index (χ1v) is 5.76. The zero-order valence-corrected chi connectivity index (χ0v) is 11.0. The average Bonchev–Trinajstić information content (AvgIpc) is 2.59. The first kappa shape index (κ1) is 14.2. The van der Waals surface area contributed by atoms with Gasteiger partial charge in [-0.05, 0) is 27.7 Å². The highest BCUT2D eigenvalue weighted by molar-refractivity contribution is 5.80. The zero-order valence-electron chi connectivity index (χ0n) is 11.0. The van der Waals surface area contributed by atoms with E-state index < -0.39 is 17.9 Å². The molecular formula is C12H18N2O4. The average molecular weight is 254 g/mol. The molecule has 1 rings (SSSR count). The lowest BCUT2D eigenvalue weighted by molar-refractivity contribution is -0.142. The second-order valence-corrected chi connectivity index (χ2v) is 4.46.